The summed E-state index contributed by atoms with van der Waals surface area (Å²) in [5, 5.41) is 12.9. The Morgan fingerprint density at radius 3 is 2.50 bits per heavy atom. The Kier molecular flexibility index (Phi) is 4.72. The minimum Gasteiger partial charge on any atom is -0.388 e. The van der Waals surface area contributed by atoms with E-state index in [4.69, 9.17) is 0 Å². The van der Waals surface area contributed by atoms with Crippen LogP contribution in [0.1, 0.15) is 20.3 Å². The summed E-state index contributed by atoms with van der Waals surface area (Å²) in [6.07, 6.45) is 0.584. The van der Waals surface area contributed by atoms with Crippen molar-refractivity contribution in [2.45, 2.75) is 30.8 Å². The fraction of sp³-hybridized carbons (Fsp3) is 0.500. The van der Waals surface area contributed by atoms with Gasteiger partial charge in [-0.2, -0.15) is 0 Å². The van der Waals surface area contributed by atoms with Crippen molar-refractivity contribution in [3.05, 3.63) is 24.3 Å². The minimum atomic E-state index is -3.50. The van der Waals surface area contributed by atoms with Crippen LogP contribution < -0.4 is 10.0 Å². The van der Waals surface area contributed by atoms with Gasteiger partial charge in [-0.1, -0.05) is 19.1 Å². The lowest BCUT2D eigenvalue weighted by molar-refractivity contribution is 0.0697. The number of benzene rings is 1. The summed E-state index contributed by atoms with van der Waals surface area (Å²) in [5.41, 5.74) is -0.378. The maximum absolute atomic E-state index is 11.8. The molecule has 0 aliphatic heterocycles. The first kappa shape index (κ1) is 14.9. The molecule has 1 atom stereocenters. The Bertz CT molecular complexity index is 498. The lowest BCUT2D eigenvalue weighted by atomic mass is 10.0. The van der Waals surface area contributed by atoms with E-state index in [1.807, 2.05) is 6.92 Å². The average molecular weight is 272 g/mol. The van der Waals surface area contributed by atoms with Crippen LogP contribution in [-0.2, 0) is 10.0 Å². The summed E-state index contributed by atoms with van der Waals surface area (Å²) in [6, 6.07) is 6.61. The second-order valence-electron chi connectivity index (χ2n) is 4.41. The fourth-order valence-electron chi connectivity index (χ4n) is 1.37. The molecule has 0 fully saturated rings. The van der Waals surface area contributed by atoms with E-state index < -0.39 is 15.6 Å². The lowest BCUT2D eigenvalue weighted by Gasteiger charge is -2.23. The summed E-state index contributed by atoms with van der Waals surface area (Å²) in [6.45, 7) is 3.87. The minimum absolute atomic E-state index is 0.180. The molecule has 18 heavy (non-hydrogen) atoms. The third kappa shape index (κ3) is 3.69. The quantitative estimate of drug-likeness (QED) is 0.726. The molecule has 0 saturated heterocycles. The standard InChI is InChI=1S/C12H20N2O3S/c1-4-12(2,15)9-14-10-7-5-6-8-11(10)18(16,17)13-3/h5-8,13-15H,4,9H2,1-3H3. The third-order valence-electron chi connectivity index (χ3n) is 2.87. The van der Waals surface area contributed by atoms with Crippen molar-refractivity contribution in [3.8, 4) is 0 Å². The fourth-order valence-corrected chi connectivity index (χ4v) is 2.27. The molecule has 0 aliphatic rings. The summed E-state index contributed by atoms with van der Waals surface area (Å²) >= 11 is 0. The number of hydrogen-bond acceptors (Lipinski definition) is 4. The Balaban J connectivity index is 2.98. The van der Waals surface area contributed by atoms with Crippen LogP contribution in [0.3, 0.4) is 0 Å². The Labute approximate surface area is 108 Å². The van der Waals surface area contributed by atoms with Gasteiger partial charge in [0.05, 0.1) is 11.3 Å². The number of sulfonamides is 1. The molecule has 6 heteroatoms. The second-order valence-corrected chi connectivity index (χ2v) is 6.26. The van der Waals surface area contributed by atoms with E-state index in [0.717, 1.165) is 0 Å². The van der Waals surface area contributed by atoms with Crippen molar-refractivity contribution in [2.24, 2.45) is 0 Å². The van der Waals surface area contributed by atoms with Crippen LogP contribution in [0.2, 0.25) is 0 Å². The Hall–Kier alpha value is -1.11. The van der Waals surface area contributed by atoms with Crippen molar-refractivity contribution >= 4 is 15.7 Å². The molecule has 0 bridgehead atoms. The number of aliphatic hydroxyl groups is 1. The number of rotatable bonds is 6. The molecule has 0 amide bonds. The van der Waals surface area contributed by atoms with E-state index in [1.54, 1.807) is 25.1 Å². The molecule has 1 rings (SSSR count). The maximum atomic E-state index is 11.8. The largest absolute Gasteiger partial charge is 0.388 e. The van der Waals surface area contributed by atoms with Crippen LogP contribution >= 0.6 is 0 Å². The van der Waals surface area contributed by atoms with Gasteiger partial charge in [0, 0.05) is 6.54 Å². The second kappa shape index (κ2) is 5.69. The van der Waals surface area contributed by atoms with Gasteiger partial charge in [-0.25, -0.2) is 13.1 Å². The van der Waals surface area contributed by atoms with Gasteiger partial charge in [-0.15, -0.1) is 0 Å². The van der Waals surface area contributed by atoms with E-state index in [9.17, 15) is 13.5 Å². The highest BCUT2D eigenvalue weighted by atomic mass is 32.2. The zero-order valence-corrected chi connectivity index (χ0v) is 11.7. The number of anilines is 1. The number of para-hydroxylation sites is 1. The zero-order valence-electron chi connectivity index (χ0n) is 10.9. The highest BCUT2D eigenvalue weighted by Gasteiger charge is 2.20. The molecular weight excluding hydrogens is 252 g/mol. The Morgan fingerprint density at radius 1 is 1.33 bits per heavy atom. The first-order chi connectivity index (χ1) is 8.32. The van der Waals surface area contributed by atoms with Crippen LogP contribution in [0.15, 0.2) is 29.2 Å². The van der Waals surface area contributed by atoms with Crippen LogP contribution in [0.5, 0.6) is 0 Å². The molecule has 5 nitrogen and oxygen atoms in total. The van der Waals surface area contributed by atoms with Gasteiger partial charge < -0.3 is 10.4 Å². The molecule has 0 saturated carbocycles. The van der Waals surface area contributed by atoms with Gasteiger partial charge in [-0.05, 0) is 32.5 Å². The number of nitrogens with one attached hydrogen (secondary N) is 2. The summed E-state index contributed by atoms with van der Waals surface area (Å²) in [4.78, 5) is 0.180. The smallest absolute Gasteiger partial charge is 0.242 e. The predicted octanol–water partition coefficient (Wildman–Crippen LogP) is 1.17. The highest BCUT2D eigenvalue weighted by molar-refractivity contribution is 7.89. The molecule has 1 unspecified atom stereocenters. The maximum Gasteiger partial charge on any atom is 0.242 e. The van der Waals surface area contributed by atoms with Crippen molar-refractivity contribution in [3.63, 3.8) is 0 Å². The summed E-state index contributed by atoms with van der Waals surface area (Å²) < 4.78 is 25.9. The SMILES string of the molecule is CCC(C)(O)CNc1ccccc1S(=O)(=O)NC. The monoisotopic (exact) mass is 272 g/mol. The van der Waals surface area contributed by atoms with Crippen LogP contribution in [0.4, 0.5) is 5.69 Å². The van der Waals surface area contributed by atoms with Crippen molar-refractivity contribution in [2.75, 3.05) is 18.9 Å². The molecule has 0 radical (unpaired) electrons. The topological polar surface area (TPSA) is 78.4 Å². The normalized spacial score (nSPS) is 15.1. The van der Waals surface area contributed by atoms with Crippen LogP contribution in [0, 0.1) is 0 Å². The molecule has 0 aromatic heterocycles. The number of hydrogen-bond donors (Lipinski definition) is 3. The average Bonchev–Trinajstić information content (AvgIpc) is 2.37. The molecule has 1 aromatic rings. The van der Waals surface area contributed by atoms with E-state index in [1.165, 1.54) is 13.1 Å². The van der Waals surface area contributed by atoms with Gasteiger partial charge in [0.1, 0.15) is 4.90 Å². The van der Waals surface area contributed by atoms with Crippen molar-refractivity contribution < 1.29 is 13.5 Å². The van der Waals surface area contributed by atoms with E-state index >= 15 is 0 Å². The van der Waals surface area contributed by atoms with E-state index in [-0.39, 0.29) is 4.90 Å². The third-order valence-corrected chi connectivity index (χ3v) is 4.34. The molecular formula is C12H20N2O3S. The van der Waals surface area contributed by atoms with Gasteiger partial charge in [-0.3, -0.25) is 0 Å². The van der Waals surface area contributed by atoms with E-state index in [2.05, 4.69) is 10.0 Å². The predicted molar refractivity (Wildman–Crippen MR) is 72.1 cm³/mol. The first-order valence-electron chi connectivity index (χ1n) is 5.81. The van der Waals surface area contributed by atoms with Gasteiger partial charge >= 0.3 is 0 Å². The first-order valence-corrected chi connectivity index (χ1v) is 7.29. The Morgan fingerprint density at radius 2 is 1.94 bits per heavy atom. The lowest BCUT2D eigenvalue weighted by Crippen LogP contribution is -2.33. The van der Waals surface area contributed by atoms with Crippen molar-refractivity contribution in [1.82, 2.24) is 4.72 Å². The highest BCUT2D eigenvalue weighted by Crippen LogP contribution is 2.21. The van der Waals surface area contributed by atoms with Gasteiger partial charge in [0.25, 0.3) is 0 Å². The van der Waals surface area contributed by atoms with Crippen LogP contribution in [-0.4, -0.2) is 32.7 Å². The summed E-state index contributed by atoms with van der Waals surface area (Å²) in [5.74, 6) is 0. The van der Waals surface area contributed by atoms with Crippen LogP contribution in [0.25, 0.3) is 0 Å². The molecule has 3 N–H and O–H groups in total. The molecule has 1 aromatic carbocycles. The van der Waals surface area contributed by atoms with Gasteiger partial charge in [0.15, 0.2) is 0 Å². The summed E-state index contributed by atoms with van der Waals surface area (Å²) in [7, 11) is -2.13. The molecule has 0 heterocycles. The molecule has 0 spiro atoms. The van der Waals surface area contributed by atoms with E-state index in [0.29, 0.717) is 18.7 Å². The zero-order chi connectivity index (χ0) is 13.8. The van der Waals surface area contributed by atoms with Gasteiger partial charge in [0.2, 0.25) is 10.0 Å². The van der Waals surface area contributed by atoms with Crippen molar-refractivity contribution in [1.29, 1.82) is 0 Å². The molecule has 0 aliphatic carbocycles. The molecule has 102 valence electrons.